The summed E-state index contributed by atoms with van der Waals surface area (Å²) in [4.78, 5) is 0. The summed E-state index contributed by atoms with van der Waals surface area (Å²) >= 11 is 0. The fourth-order valence-electron chi connectivity index (χ4n) is 0.296. The highest BCUT2D eigenvalue weighted by Gasteiger charge is 2.07. The second-order valence-corrected chi connectivity index (χ2v) is 2.22. The summed E-state index contributed by atoms with van der Waals surface area (Å²) in [5, 5.41) is 23.0. The number of hydrogen-bond donors (Lipinski definition) is 1. The Hall–Kier alpha value is -0.580. The molecule has 0 amide bonds. The lowest BCUT2D eigenvalue weighted by atomic mass is 10.3. The Balaban J connectivity index is -0.0000000270. The summed E-state index contributed by atoms with van der Waals surface area (Å²) in [6.45, 7) is 3.26. The van der Waals surface area contributed by atoms with Crippen molar-refractivity contribution in [3.8, 4) is 0 Å². The molecule has 0 saturated heterocycles. The smallest absolute Gasteiger partial charge is 0.170 e. The van der Waals surface area contributed by atoms with Crippen LogP contribution in [0.15, 0.2) is 20.5 Å². The number of aliphatic hydroxyl groups is 1. The molecule has 0 saturated carbocycles. The molecule has 0 aliphatic carbocycles. The van der Waals surface area contributed by atoms with Crippen LogP contribution in [0.5, 0.6) is 0 Å². The van der Waals surface area contributed by atoms with Gasteiger partial charge >= 0.3 is 0 Å². The van der Waals surface area contributed by atoms with Crippen LogP contribution in [0.3, 0.4) is 0 Å². The Labute approximate surface area is 108 Å². The van der Waals surface area contributed by atoms with E-state index in [1.165, 1.54) is 0 Å². The van der Waals surface area contributed by atoms with E-state index in [-0.39, 0.29) is 55.2 Å². The van der Waals surface area contributed by atoms with Gasteiger partial charge in [-0.15, -0.1) is 0 Å². The largest absolute Gasteiger partial charge is 0.368 e. The topological polar surface area (TPSA) is 69.7 Å². The monoisotopic (exact) mass is 220 g/mol. The molecule has 0 aliphatic heterocycles. The van der Waals surface area contributed by atoms with E-state index in [1.807, 2.05) is 0 Å². The minimum absolute atomic E-state index is 0. The van der Waals surface area contributed by atoms with Crippen molar-refractivity contribution in [2.75, 3.05) is 13.7 Å². The predicted molar refractivity (Wildman–Crippen MR) is 73.3 cm³/mol. The molecule has 0 heterocycles. The van der Waals surface area contributed by atoms with Crippen LogP contribution in [-0.4, -0.2) is 58.2 Å². The average molecular weight is 220 g/mol. The van der Waals surface area contributed by atoms with Gasteiger partial charge in [-0.05, 0) is 13.8 Å². The number of azo groups is 2. The lowest BCUT2D eigenvalue weighted by Crippen LogP contribution is -2.13. The maximum Gasteiger partial charge on any atom is 0.170 e. The quantitative estimate of drug-likeness (QED) is 0.557. The van der Waals surface area contributed by atoms with E-state index < -0.39 is 5.72 Å². The summed E-state index contributed by atoms with van der Waals surface area (Å²) in [6.07, 6.45) is 0. The van der Waals surface area contributed by atoms with E-state index in [2.05, 4.69) is 20.5 Å². The van der Waals surface area contributed by atoms with Gasteiger partial charge in [-0.1, -0.05) is 14.9 Å². The highest BCUT2D eigenvalue weighted by atomic mass is 16.3. The van der Waals surface area contributed by atoms with Crippen molar-refractivity contribution in [2.24, 2.45) is 20.5 Å². The van der Waals surface area contributed by atoms with Gasteiger partial charge in [0.15, 0.2) is 12.4 Å². The van der Waals surface area contributed by atoms with E-state index in [4.69, 9.17) is 5.11 Å². The highest BCUT2D eigenvalue weighted by molar-refractivity contribution is 5.76. The minimum Gasteiger partial charge on any atom is -0.368 e. The van der Waals surface area contributed by atoms with Gasteiger partial charge in [0, 0.05) is 40.7 Å². The van der Waals surface area contributed by atoms with Crippen LogP contribution in [-0.2, 0) is 0 Å². The van der Waals surface area contributed by atoms with Crippen molar-refractivity contribution in [2.45, 2.75) is 34.4 Å². The van der Waals surface area contributed by atoms with Crippen LogP contribution < -0.4 is 0 Å². The maximum atomic E-state index is 8.98. The zero-order valence-electron chi connectivity index (χ0n) is 8.75. The first-order valence-electron chi connectivity index (χ1n) is 2.93. The Bertz CT molecular complexity index is 150. The van der Waals surface area contributed by atoms with Gasteiger partial charge in [-0.2, -0.15) is 20.5 Å². The highest BCUT2D eigenvalue weighted by Crippen LogP contribution is 2.02. The van der Waals surface area contributed by atoms with Crippen LogP contribution in [0.4, 0.5) is 0 Å². The molecule has 0 aliphatic rings. The first kappa shape index (κ1) is 45.2. The molecule has 0 aromatic carbocycles. The summed E-state index contributed by atoms with van der Waals surface area (Å²) in [5.74, 6) is 0. The zero-order chi connectivity index (χ0) is 8.04. The third-order valence-corrected chi connectivity index (χ3v) is 0.583. The van der Waals surface area contributed by atoms with Gasteiger partial charge in [0.05, 0.1) is 0 Å². The molecule has 0 unspecified atom stereocenters. The van der Waals surface area contributed by atoms with Gasteiger partial charge in [0.2, 0.25) is 0 Å². The molecule has 0 aromatic heterocycles. The van der Waals surface area contributed by atoms with Crippen LogP contribution in [0.2, 0.25) is 0 Å². The Morgan fingerprint density at radius 1 is 0.938 bits per heavy atom. The van der Waals surface area contributed by atoms with E-state index in [9.17, 15) is 0 Å². The molecule has 0 spiro atoms. The molecular formula is C7H20B4N4O. The summed E-state index contributed by atoms with van der Waals surface area (Å²) in [5.41, 5.74) is -1.09. The molecule has 0 rings (SSSR count). The Morgan fingerprint density at radius 2 is 1.31 bits per heavy atom. The lowest BCUT2D eigenvalue weighted by Gasteiger charge is -2.06. The lowest BCUT2D eigenvalue weighted by molar-refractivity contribution is 0.0816. The second kappa shape index (κ2) is 23.9. The molecule has 0 aromatic rings. The van der Waals surface area contributed by atoms with Crippen molar-refractivity contribution in [3.63, 3.8) is 0 Å². The number of nitrogens with zero attached hydrogens (tertiary/aromatic N) is 4. The zero-order valence-corrected chi connectivity index (χ0v) is 8.75. The minimum atomic E-state index is -1.09. The predicted octanol–water partition coefficient (Wildman–Crippen LogP) is 0.956. The van der Waals surface area contributed by atoms with E-state index >= 15 is 0 Å². The van der Waals surface area contributed by atoms with Crippen LogP contribution >= 0.6 is 0 Å². The van der Waals surface area contributed by atoms with Gasteiger partial charge in [0.1, 0.15) is 0 Å². The van der Waals surface area contributed by atoms with Gasteiger partial charge in [-0.3, -0.25) is 0 Å². The van der Waals surface area contributed by atoms with E-state index in [1.54, 1.807) is 20.9 Å². The first-order chi connectivity index (χ1) is 4.56. The first-order valence-corrected chi connectivity index (χ1v) is 2.93. The fourth-order valence-corrected chi connectivity index (χ4v) is 0.296. The molecule has 0 bridgehead atoms. The summed E-state index contributed by atoms with van der Waals surface area (Å²) in [6, 6.07) is 0. The van der Waals surface area contributed by atoms with E-state index in [0.717, 1.165) is 0 Å². The Kier molecular flexibility index (Phi) is 67.6. The molecule has 1 N–H and O–H groups in total. The molecular weight excluding hydrogens is 199 g/mol. The van der Waals surface area contributed by atoms with Crippen LogP contribution in [0, 0.1) is 0 Å². The standard InChI is InChI=1S/C5H12N4O.2CH4.4B/c1-5(2,10)9-8-4-7-6-3;;;;;;/h10H,4H2,1-3H3;2*1H4;;;;. The van der Waals surface area contributed by atoms with Crippen LogP contribution in [0.25, 0.3) is 0 Å². The fraction of sp³-hybridized carbons (Fsp3) is 1.00. The van der Waals surface area contributed by atoms with Gasteiger partial charge in [0.25, 0.3) is 0 Å². The second-order valence-electron chi connectivity index (χ2n) is 2.22. The number of rotatable bonds is 3. The third-order valence-electron chi connectivity index (χ3n) is 0.583. The van der Waals surface area contributed by atoms with E-state index in [0.29, 0.717) is 0 Å². The molecule has 9 heteroatoms. The molecule has 12 radical (unpaired) electrons. The van der Waals surface area contributed by atoms with Crippen molar-refractivity contribution in [3.05, 3.63) is 0 Å². The van der Waals surface area contributed by atoms with Gasteiger partial charge < -0.3 is 5.11 Å². The summed E-state index contributed by atoms with van der Waals surface area (Å²) < 4.78 is 0. The van der Waals surface area contributed by atoms with Crippen molar-refractivity contribution in [1.29, 1.82) is 0 Å². The maximum absolute atomic E-state index is 8.98. The SMILES string of the molecule is C.C.CN=NCN=NC(C)(C)O.[B].[B].[B].[B]. The average Bonchev–Trinajstić information content (AvgIpc) is 1.78. The Morgan fingerprint density at radius 3 is 1.56 bits per heavy atom. The van der Waals surface area contributed by atoms with Crippen molar-refractivity contribution < 1.29 is 5.11 Å². The molecule has 16 heavy (non-hydrogen) atoms. The molecule has 0 fully saturated rings. The van der Waals surface area contributed by atoms with Gasteiger partial charge in [-0.25, -0.2) is 0 Å². The molecule has 86 valence electrons. The number of hydrogen-bond acceptors (Lipinski definition) is 5. The van der Waals surface area contributed by atoms with Crippen LogP contribution in [0.1, 0.15) is 28.7 Å². The van der Waals surface area contributed by atoms with Crippen molar-refractivity contribution >= 4 is 33.7 Å². The normalized spacial score (nSPS) is 8.50. The summed E-state index contributed by atoms with van der Waals surface area (Å²) in [7, 11) is 1.56. The van der Waals surface area contributed by atoms with Crippen molar-refractivity contribution in [1.82, 2.24) is 0 Å². The molecule has 5 nitrogen and oxygen atoms in total. The molecule has 0 atom stereocenters. The third kappa shape index (κ3) is 50.2.